The molecule has 0 aliphatic rings. The minimum atomic E-state index is -0.580. The van der Waals surface area contributed by atoms with Crippen LogP contribution in [0.1, 0.15) is 17.3 Å². The molecule has 0 saturated heterocycles. The number of fused-ring (bicyclic) bond motifs is 1. The second-order valence-electron chi connectivity index (χ2n) is 5.57. The van der Waals surface area contributed by atoms with Crippen LogP contribution in [0.4, 0.5) is 0 Å². The SMILES string of the molecule is CCOc1ccc(OCCOC(=O)c2ccc3ccccc3c2O)cc1. The lowest BCUT2D eigenvalue weighted by molar-refractivity contribution is 0.0447. The van der Waals surface area contributed by atoms with Crippen LogP contribution in [0, 0.1) is 0 Å². The van der Waals surface area contributed by atoms with Crippen LogP contribution < -0.4 is 9.47 Å². The van der Waals surface area contributed by atoms with Crippen molar-refractivity contribution in [3.05, 3.63) is 66.2 Å². The molecule has 0 spiro atoms. The van der Waals surface area contributed by atoms with Crippen molar-refractivity contribution < 1.29 is 24.1 Å². The van der Waals surface area contributed by atoms with E-state index in [1.54, 1.807) is 30.3 Å². The summed E-state index contributed by atoms with van der Waals surface area (Å²) < 4.78 is 16.1. The fourth-order valence-corrected chi connectivity index (χ4v) is 2.59. The van der Waals surface area contributed by atoms with Gasteiger partial charge in [-0.2, -0.15) is 0 Å². The number of phenolic OH excluding ortho intramolecular Hbond substituents is 1. The molecule has 0 saturated carbocycles. The Morgan fingerprint density at radius 1 is 0.885 bits per heavy atom. The van der Waals surface area contributed by atoms with Crippen LogP contribution in [0.15, 0.2) is 60.7 Å². The standard InChI is InChI=1S/C21H20O5/c1-2-24-16-8-10-17(11-9-16)25-13-14-26-21(23)19-12-7-15-5-3-4-6-18(15)20(19)22/h3-12,22H,2,13-14H2,1H3. The van der Waals surface area contributed by atoms with Gasteiger partial charge in [-0.05, 0) is 42.6 Å². The molecule has 5 heteroatoms. The van der Waals surface area contributed by atoms with Crippen LogP contribution in [0.3, 0.4) is 0 Å². The van der Waals surface area contributed by atoms with Gasteiger partial charge in [-0.25, -0.2) is 4.79 Å². The van der Waals surface area contributed by atoms with Crippen LogP contribution >= 0.6 is 0 Å². The Labute approximate surface area is 151 Å². The molecule has 0 aliphatic carbocycles. The van der Waals surface area contributed by atoms with Gasteiger partial charge in [0.1, 0.15) is 36.0 Å². The number of hydrogen-bond donors (Lipinski definition) is 1. The molecule has 26 heavy (non-hydrogen) atoms. The van der Waals surface area contributed by atoms with Crippen LogP contribution in [0.25, 0.3) is 10.8 Å². The van der Waals surface area contributed by atoms with Gasteiger partial charge >= 0.3 is 5.97 Å². The number of hydrogen-bond acceptors (Lipinski definition) is 5. The highest BCUT2D eigenvalue weighted by molar-refractivity contribution is 6.01. The smallest absolute Gasteiger partial charge is 0.342 e. The molecule has 0 aliphatic heterocycles. The van der Waals surface area contributed by atoms with Crippen molar-refractivity contribution in [3.63, 3.8) is 0 Å². The van der Waals surface area contributed by atoms with Gasteiger partial charge < -0.3 is 19.3 Å². The van der Waals surface area contributed by atoms with E-state index < -0.39 is 5.97 Å². The van der Waals surface area contributed by atoms with Crippen LogP contribution in [0.2, 0.25) is 0 Å². The minimum Gasteiger partial charge on any atom is -0.506 e. The van der Waals surface area contributed by atoms with Crippen LogP contribution in [-0.4, -0.2) is 30.9 Å². The summed E-state index contributed by atoms with van der Waals surface area (Å²) >= 11 is 0. The monoisotopic (exact) mass is 352 g/mol. The number of rotatable bonds is 7. The van der Waals surface area contributed by atoms with Crippen molar-refractivity contribution in [2.45, 2.75) is 6.92 Å². The van der Waals surface area contributed by atoms with E-state index in [1.165, 1.54) is 0 Å². The molecular weight excluding hydrogens is 332 g/mol. The van der Waals surface area contributed by atoms with Gasteiger partial charge in [0.15, 0.2) is 0 Å². The number of esters is 1. The zero-order chi connectivity index (χ0) is 18.4. The van der Waals surface area contributed by atoms with E-state index in [2.05, 4.69) is 0 Å². The van der Waals surface area contributed by atoms with Gasteiger partial charge in [-0.1, -0.05) is 30.3 Å². The average molecular weight is 352 g/mol. The molecular formula is C21H20O5. The molecule has 3 rings (SSSR count). The molecule has 0 unspecified atom stereocenters. The summed E-state index contributed by atoms with van der Waals surface area (Å²) in [5, 5.41) is 11.8. The fraction of sp³-hybridized carbons (Fsp3) is 0.190. The lowest BCUT2D eigenvalue weighted by Crippen LogP contribution is -2.12. The molecule has 0 atom stereocenters. The van der Waals surface area contributed by atoms with E-state index in [0.717, 1.165) is 11.1 Å². The molecule has 134 valence electrons. The number of phenols is 1. The van der Waals surface area contributed by atoms with Crippen LogP contribution in [-0.2, 0) is 4.74 Å². The van der Waals surface area contributed by atoms with Crippen molar-refractivity contribution in [1.82, 2.24) is 0 Å². The van der Waals surface area contributed by atoms with Crippen molar-refractivity contribution in [1.29, 1.82) is 0 Å². The number of ether oxygens (including phenoxy) is 3. The normalized spacial score (nSPS) is 10.5. The number of aromatic hydroxyl groups is 1. The van der Waals surface area contributed by atoms with Crippen LogP contribution in [0.5, 0.6) is 17.2 Å². The first-order chi connectivity index (χ1) is 12.7. The maximum atomic E-state index is 12.2. The third-order valence-corrected chi connectivity index (χ3v) is 3.84. The summed E-state index contributed by atoms with van der Waals surface area (Å²) in [7, 11) is 0. The van der Waals surface area contributed by atoms with Gasteiger partial charge in [0.05, 0.1) is 6.61 Å². The highest BCUT2D eigenvalue weighted by Crippen LogP contribution is 2.29. The Morgan fingerprint density at radius 3 is 2.31 bits per heavy atom. The molecule has 3 aromatic rings. The Morgan fingerprint density at radius 2 is 1.58 bits per heavy atom. The highest BCUT2D eigenvalue weighted by atomic mass is 16.6. The maximum Gasteiger partial charge on any atom is 0.342 e. The Kier molecular flexibility index (Phi) is 5.59. The molecule has 0 heterocycles. The number of carbonyl (C=O) groups excluding carboxylic acids is 1. The predicted molar refractivity (Wildman–Crippen MR) is 99.0 cm³/mol. The molecule has 0 radical (unpaired) electrons. The summed E-state index contributed by atoms with van der Waals surface area (Å²) in [5.41, 5.74) is 0.143. The first-order valence-electron chi connectivity index (χ1n) is 8.42. The quantitative estimate of drug-likeness (QED) is 0.510. The summed E-state index contributed by atoms with van der Waals surface area (Å²) in [6.07, 6.45) is 0. The highest BCUT2D eigenvalue weighted by Gasteiger charge is 2.15. The summed E-state index contributed by atoms with van der Waals surface area (Å²) in [5.74, 6) is 0.792. The topological polar surface area (TPSA) is 65.0 Å². The summed E-state index contributed by atoms with van der Waals surface area (Å²) in [6, 6.07) is 17.9. The lowest BCUT2D eigenvalue weighted by Gasteiger charge is -2.10. The molecule has 3 aromatic carbocycles. The van der Waals surface area contributed by atoms with E-state index in [1.807, 2.05) is 37.3 Å². The van der Waals surface area contributed by atoms with Gasteiger partial charge in [0, 0.05) is 5.39 Å². The van der Waals surface area contributed by atoms with Gasteiger partial charge in [-0.15, -0.1) is 0 Å². The second kappa shape index (κ2) is 8.25. The van der Waals surface area contributed by atoms with Crippen molar-refractivity contribution >= 4 is 16.7 Å². The molecule has 0 bridgehead atoms. The van der Waals surface area contributed by atoms with E-state index >= 15 is 0 Å². The van der Waals surface area contributed by atoms with Gasteiger partial charge in [-0.3, -0.25) is 0 Å². The minimum absolute atomic E-state index is 0.0690. The maximum absolute atomic E-state index is 12.2. The Hall–Kier alpha value is -3.21. The molecule has 5 nitrogen and oxygen atoms in total. The average Bonchev–Trinajstić information content (AvgIpc) is 2.67. The summed E-state index contributed by atoms with van der Waals surface area (Å²) in [4.78, 5) is 12.2. The largest absolute Gasteiger partial charge is 0.506 e. The Balaban J connectivity index is 1.53. The first kappa shape index (κ1) is 17.6. The molecule has 0 fully saturated rings. The van der Waals surface area contributed by atoms with Crippen molar-refractivity contribution in [2.75, 3.05) is 19.8 Å². The van der Waals surface area contributed by atoms with Gasteiger partial charge in [0.2, 0.25) is 0 Å². The van der Waals surface area contributed by atoms with Crippen molar-refractivity contribution in [2.24, 2.45) is 0 Å². The lowest BCUT2D eigenvalue weighted by atomic mass is 10.1. The van der Waals surface area contributed by atoms with E-state index in [9.17, 15) is 9.90 Å². The Bertz CT molecular complexity index is 887. The number of benzene rings is 3. The van der Waals surface area contributed by atoms with Crippen molar-refractivity contribution in [3.8, 4) is 17.2 Å². The third-order valence-electron chi connectivity index (χ3n) is 3.84. The molecule has 0 amide bonds. The molecule has 0 aromatic heterocycles. The van der Waals surface area contributed by atoms with E-state index in [0.29, 0.717) is 17.7 Å². The summed E-state index contributed by atoms with van der Waals surface area (Å²) in [6.45, 7) is 2.83. The molecule has 1 N–H and O–H groups in total. The van der Waals surface area contributed by atoms with E-state index in [4.69, 9.17) is 14.2 Å². The zero-order valence-corrected chi connectivity index (χ0v) is 14.5. The number of carbonyl (C=O) groups is 1. The fourth-order valence-electron chi connectivity index (χ4n) is 2.59. The van der Waals surface area contributed by atoms with E-state index in [-0.39, 0.29) is 24.5 Å². The first-order valence-corrected chi connectivity index (χ1v) is 8.42. The van der Waals surface area contributed by atoms with Gasteiger partial charge in [0.25, 0.3) is 0 Å². The zero-order valence-electron chi connectivity index (χ0n) is 14.5. The third kappa shape index (κ3) is 4.06. The second-order valence-corrected chi connectivity index (χ2v) is 5.57. The predicted octanol–water partition coefficient (Wildman–Crippen LogP) is 4.18.